The molecule has 0 saturated heterocycles. The van der Waals surface area contributed by atoms with Crippen molar-refractivity contribution in [2.75, 3.05) is 0 Å². The molecule has 5 rings (SSSR count). The molecule has 0 fully saturated rings. The van der Waals surface area contributed by atoms with E-state index in [9.17, 15) is 0 Å². The fraction of sp³-hybridized carbons (Fsp3) is 0.111. The van der Waals surface area contributed by atoms with Crippen molar-refractivity contribution in [1.82, 2.24) is 0 Å². The van der Waals surface area contributed by atoms with Crippen LogP contribution in [-0.4, -0.2) is 0 Å². The molecular formula is C27H24. The molecular weight excluding hydrogens is 324 g/mol. The molecule has 0 N–H and O–H groups in total. The first-order valence-electron chi connectivity index (χ1n) is 9.14. The predicted molar refractivity (Wildman–Crippen MR) is 115 cm³/mol. The van der Waals surface area contributed by atoms with Gasteiger partial charge in [-0.3, -0.25) is 0 Å². The molecule has 0 nitrogen and oxygen atoms in total. The van der Waals surface area contributed by atoms with Gasteiger partial charge in [-0.15, -0.1) is 0 Å². The molecule has 1 aliphatic carbocycles. The van der Waals surface area contributed by atoms with Gasteiger partial charge < -0.3 is 0 Å². The van der Waals surface area contributed by atoms with Crippen molar-refractivity contribution in [2.45, 2.75) is 19.8 Å². The van der Waals surface area contributed by atoms with E-state index in [1.165, 1.54) is 38.9 Å². The first kappa shape index (κ1) is 17.3. The van der Waals surface area contributed by atoms with Gasteiger partial charge in [0.05, 0.1) is 5.41 Å². The van der Waals surface area contributed by atoms with Crippen LogP contribution in [-0.2, 0) is 5.41 Å². The van der Waals surface area contributed by atoms with Gasteiger partial charge in [-0.25, -0.2) is 0 Å². The normalized spacial score (nSPS) is 13.4. The van der Waals surface area contributed by atoms with Crippen molar-refractivity contribution >= 4 is 0 Å². The Morgan fingerprint density at radius 2 is 1.04 bits per heavy atom. The van der Waals surface area contributed by atoms with Crippen LogP contribution < -0.4 is 0 Å². The van der Waals surface area contributed by atoms with Crippen LogP contribution in [0.2, 0.25) is 0 Å². The molecule has 0 heteroatoms. The maximum atomic E-state index is 2.37. The highest BCUT2D eigenvalue weighted by molar-refractivity contribution is 5.86. The number of aryl methyl sites for hydroxylation is 1. The Morgan fingerprint density at radius 3 is 1.67 bits per heavy atom. The monoisotopic (exact) mass is 348 g/mol. The minimum absolute atomic E-state index is 0. The number of hydrogen-bond donors (Lipinski definition) is 0. The van der Waals surface area contributed by atoms with Crippen LogP contribution in [0.1, 0.15) is 35.2 Å². The summed E-state index contributed by atoms with van der Waals surface area (Å²) in [7, 11) is 0. The summed E-state index contributed by atoms with van der Waals surface area (Å²) in [4.78, 5) is 0. The zero-order chi connectivity index (χ0) is 17.6. The Bertz CT molecular complexity index is 1040. The summed E-state index contributed by atoms with van der Waals surface area (Å²) >= 11 is 0. The Labute approximate surface area is 162 Å². The molecule has 0 radical (unpaired) electrons. The standard InChI is InChI=1S/C26H20.CH4/c1-19-16-17-23-22-14-8-9-15-24(22)26(25(23)18-19,20-10-4-2-5-11-20)21-12-6-3-7-13-21;/h2-18H,1H3;1H4. The zero-order valence-corrected chi connectivity index (χ0v) is 14.8. The van der Waals surface area contributed by atoms with Gasteiger partial charge in [0, 0.05) is 0 Å². The fourth-order valence-corrected chi connectivity index (χ4v) is 4.56. The fourth-order valence-electron chi connectivity index (χ4n) is 4.56. The van der Waals surface area contributed by atoms with E-state index < -0.39 is 0 Å². The Hall–Kier alpha value is -3.12. The molecule has 0 saturated carbocycles. The maximum absolute atomic E-state index is 2.37. The van der Waals surface area contributed by atoms with Gasteiger partial charge in [-0.2, -0.15) is 0 Å². The summed E-state index contributed by atoms with van der Waals surface area (Å²) in [6.07, 6.45) is 0. The second-order valence-corrected chi connectivity index (χ2v) is 7.08. The SMILES string of the molecule is C.Cc1ccc2c(c1)C(c1ccccc1)(c1ccccc1)c1ccccc1-2. The van der Waals surface area contributed by atoms with Crippen LogP contribution in [0.5, 0.6) is 0 Å². The van der Waals surface area contributed by atoms with Crippen LogP contribution in [0.4, 0.5) is 0 Å². The third-order valence-corrected chi connectivity index (χ3v) is 5.61. The summed E-state index contributed by atoms with van der Waals surface area (Å²) in [6.45, 7) is 2.18. The summed E-state index contributed by atoms with van der Waals surface area (Å²) in [6, 6.07) is 37.6. The summed E-state index contributed by atoms with van der Waals surface area (Å²) in [5.74, 6) is 0. The number of hydrogen-bond acceptors (Lipinski definition) is 0. The first-order valence-corrected chi connectivity index (χ1v) is 9.14. The lowest BCUT2D eigenvalue weighted by Crippen LogP contribution is -2.28. The molecule has 0 unspecified atom stereocenters. The molecule has 27 heavy (non-hydrogen) atoms. The first-order chi connectivity index (χ1) is 12.8. The molecule has 0 spiro atoms. The van der Waals surface area contributed by atoms with Gasteiger partial charge in [-0.05, 0) is 40.3 Å². The second-order valence-electron chi connectivity index (χ2n) is 7.08. The molecule has 0 amide bonds. The molecule has 4 aromatic rings. The van der Waals surface area contributed by atoms with Crippen molar-refractivity contribution < 1.29 is 0 Å². The predicted octanol–water partition coefficient (Wildman–Crippen LogP) is 6.99. The molecule has 0 heterocycles. The van der Waals surface area contributed by atoms with Crippen LogP contribution in [0.25, 0.3) is 11.1 Å². The molecule has 0 aliphatic heterocycles. The van der Waals surface area contributed by atoms with Gasteiger partial charge in [-0.1, -0.05) is 116 Å². The Kier molecular flexibility index (Phi) is 4.20. The molecule has 0 bridgehead atoms. The van der Waals surface area contributed by atoms with E-state index in [-0.39, 0.29) is 12.8 Å². The van der Waals surface area contributed by atoms with E-state index in [4.69, 9.17) is 0 Å². The minimum Gasteiger partial charge on any atom is -0.0776 e. The Balaban J connectivity index is 0.00000180. The van der Waals surface area contributed by atoms with Crippen LogP contribution in [0.3, 0.4) is 0 Å². The zero-order valence-electron chi connectivity index (χ0n) is 14.8. The smallest absolute Gasteiger partial charge is 0.0713 e. The highest BCUT2D eigenvalue weighted by atomic mass is 14.5. The molecule has 132 valence electrons. The van der Waals surface area contributed by atoms with Gasteiger partial charge >= 0.3 is 0 Å². The average molecular weight is 348 g/mol. The lowest BCUT2D eigenvalue weighted by atomic mass is 9.67. The summed E-state index contributed by atoms with van der Waals surface area (Å²) < 4.78 is 0. The van der Waals surface area contributed by atoms with E-state index in [2.05, 4.69) is 110 Å². The van der Waals surface area contributed by atoms with E-state index in [0.29, 0.717) is 0 Å². The van der Waals surface area contributed by atoms with E-state index >= 15 is 0 Å². The molecule has 0 atom stereocenters. The summed E-state index contributed by atoms with van der Waals surface area (Å²) in [5.41, 5.74) is 9.13. The molecule has 4 aromatic carbocycles. The molecule has 1 aliphatic rings. The van der Waals surface area contributed by atoms with Crippen molar-refractivity contribution in [3.63, 3.8) is 0 Å². The number of fused-ring (bicyclic) bond motifs is 3. The average Bonchev–Trinajstić information content (AvgIpc) is 3.00. The van der Waals surface area contributed by atoms with E-state index in [0.717, 1.165) is 0 Å². The third-order valence-electron chi connectivity index (χ3n) is 5.61. The van der Waals surface area contributed by atoms with Crippen molar-refractivity contribution in [3.05, 3.63) is 131 Å². The Morgan fingerprint density at radius 1 is 0.519 bits per heavy atom. The lowest BCUT2D eigenvalue weighted by Gasteiger charge is -2.34. The van der Waals surface area contributed by atoms with Gasteiger partial charge in [0.15, 0.2) is 0 Å². The van der Waals surface area contributed by atoms with E-state index in [1.54, 1.807) is 0 Å². The largest absolute Gasteiger partial charge is 0.0776 e. The van der Waals surface area contributed by atoms with Crippen LogP contribution in [0, 0.1) is 6.92 Å². The quantitative estimate of drug-likeness (QED) is 0.322. The topological polar surface area (TPSA) is 0 Å². The lowest BCUT2D eigenvalue weighted by molar-refractivity contribution is 0.767. The minimum atomic E-state index is -0.263. The maximum Gasteiger partial charge on any atom is 0.0713 e. The van der Waals surface area contributed by atoms with Crippen molar-refractivity contribution in [2.24, 2.45) is 0 Å². The summed E-state index contributed by atoms with van der Waals surface area (Å²) in [5, 5.41) is 0. The van der Waals surface area contributed by atoms with Crippen molar-refractivity contribution in [1.29, 1.82) is 0 Å². The van der Waals surface area contributed by atoms with Gasteiger partial charge in [0.2, 0.25) is 0 Å². The van der Waals surface area contributed by atoms with Gasteiger partial charge in [0.1, 0.15) is 0 Å². The van der Waals surface area contributed by atoms with Crippen molar-refractivity contribution in [3.8, 4) is 11.1 Å². The highest BCUT2D eigenvalue weighted by Gasteiger charge is 2.45. The number of benzene rings is 4. The molecule has 0 aromatic heterocycles. The van der Waals surface area contributed by atoms with Gasteiger partial charge in [0.25, 0.3) is 0 Å². The van der Waals surface area contributed by atoms with Crippen LogP contribution in [0.15, 0.2) is 103 Å². The van der Waals surface area contributed by atoms with E-state index in [1.807, 2.05) is 0 Å². The second kappa shape index (κ2) is 6.55. The third kappa shape index (κ3) is 2.37. The number of rotatable bonds is 2. The highest BCUT2D eigenvalue weighted by Crippen LogP contribution is 2.55. The van der Waals surface area contributed by atoms with Crippen LogP contribution >= 0.6 is 0 Å².